The van der Waals surface area contributed by atoms with Gasteiger partial charge in [0, 0.05) is 4.91 Å². The van der Waals surface area contributed by atoms with Gasteiger partial charge in [-0.05, 0) is 10.7 Å². The van der Waals surface area contributed by atoms with E-state index >= 15 is 0 Å². The first kappa shape index (κ1) is 5.83. The minimum absolute atomic E-state index is 0.616. The van der Waals surface area contributed by atoms with Crippen molar-refractivity contribution in [2.24, 2.45) is 16.1 Å². The summed E-state index contributed by atoms with van der Waals surface area (Å²) in [4.78, 5) is 6.83. The van der Waals surface area contributed by atoms with Gasteiger partial charge in [-0.2, -0.15) is 0 Å². The Morgan fingerprint density at radius 3 is 3.22 bits per heavy atom. The van der Waals surface area contributed by atoms with E-state index in [4.69, 9.17) is 11.4 Å². The van der Waals surface area contributed by atoms with Crippen molar-refractivity contribution in [3.05, 3.63) is 10.4 Å². The maximum atomic E-state index is 7.90. The lowest BCUT2D eigenvalue weighted by Crippen LogP contribution is -2.34. The number of azide groups is 1. The van der Waals surface area contributed by atoms with Gasteiger partial charge in [-0.1, -0.05) is 10.3 Å². The maximum Gasteiger partial charge on any atom is 0.181 e. The molecule has 1 unspecified atom stereocenters. The van der Waals surface area contributed by atoms with Gasteiger partial charge in [0.2, 0.25) is 0 Å². The number of rotatable bonds is 1. The van der Waals surface area contributed by atoms with E-state index < -0.39 is 6.17 Å². The van der Waals surface area contributed by atoms with E-state index in [0.717, 1.165) is 5.17 Å². The van der Waals surface area contributed by atoms with Gasteiger partial charge in [-0.3, -0.25) is 4.94 Å². The summed E-state index contributed by atoms with van der Waals surface area (Å²) in [6, 6.07) is 0. The number of nitrogens with zero attached hydrogens (tertiary/aromatic N) is 5. The van der Waals surface area contributed by atoms with Crippen LogP contribution in [0.5, 0.6) is 0 Å². The van der Waals surface area contributed by atoms with E-state index in [1.54, 1.807) is 0 Å². The van der Waals surface area contributed by atoms with Gasteiger partial charge in [0.1, 0.15) is 0 Å². The third-order valence-electron chi connectivity index (χ3n) is 0.766. The Bertz CT molecular complexity index is 170. The Labute approximate surface area is 50.2 Å². The summed E-state index contributed by atoms with van der Waals surface area (Å²) in [6.45, 7) is 0. The highest BCUT2D eigenvalue weighted by Gasteiger charge is 2.17. The maximum absolute atomic E-state index is 7.90. The largest absolute Gasteiger partial charge is 0.281 e. The highest BCUT2D eigenvalue weighted by molar-refractivity contribution is 5.63. The van der Waals surface area contributed by atoms with Gasteiger partial charge in [0.05, 0.1) is 6.21 Å². The number of oxime groups is 1. The minimum atomic E-state index is -0.616. The summed E-state index contributed by atoms with van der Waals surface area (Å²) in [5.74, 6) is 5.09. The zero-order valence-corrected chi connectivity index (χ0v) is 4.38. The van der Waals surface area contributed by atoms with Crippen molar-refractivity contribution in [3.63, 3.8) is 0 Å². The summed E-state index contributed by atoms with van der Waals surface area (Å²) in [5.41, 5.74) is 7.90. The first-order valence-corrected chi connectivity index (χ1v) is 2.13. The Balaban J connectivity index is 2.59. The first-order chi connectivity index (χ1) is 4.34. The smallest absolute Gasteiger partial charge is 0.181 e. The molecule has 0 amide bonds. The molecule has 9 heavy (non-hydrogen) atoms. The molecule has 48 valence electrons. The van der Waals surface area contributed by atoms with Crippen LogP contribution in [0.15, 0.2) is 10.3 Å². The van der Waals surface area contributed by atoms with Crippen LogP contribution in [0.25, 0.3) is 10.4 Å². The van der Waals surface area contributed by atoms with Crippen LogP contribution < -0.4 is 5.84 Å². The molecule has 7 nitrogen and oxygen atoms in total. The van der Waals surface area contributed by atoms with Crippen LogP contribution in [0.3, 0.4) is 0 Å². The van der Waals surface area contributed by atoms with Gasteiger partial charge in [0.15, 0.2) is 6.17 Å². The zero-order valence-electron chi connectivity index (χ0n) is 4.38. The lowest BCUT2D eigenvalue weighted by atomic mass is 10.6. The van der Waals surface area contributed by atoms with Crippen LogP contribution in [-0.4, -0.2) is 17.6 Å². The summed E-state index contributed by atoms with van der Waals surface area (Å²) in [5, 5.41) is 7.33. The number of hydroxylamine groups is 1. The molecule has 1 atom stereocenters. The molecular formula is C2H4N6O. The molecule has 1 rings (SSSR count). The Hall–Kier alpha value is -1.30. The molecule has 0 aromatic heterocycles. The molecule has 0 fully saturated rings. The molecule has 0 saturated heterocycles. The molecule has 1 aliphatic rings. The molecular weight excluding hydrogens is 124 g/mol. The molecule has 0 bridgehead atoms. The van der Waals surface area contributed by atoms with Crippen molar-refractivity contribution in [1.82, 2.24) is 5.17 Å². The van der Waals surface area contributed by atoms with E-state index in [1.165, 1.54) is 6.21 Å². The molecule has 0 saturated carbocycles. The summed E-state index contributed by atoms with van der Waals surface area (Å²) < 4.78 is 0. The molecule has 1 heterocycles. The fourth-order valence-corrected chi connectivity index (χ4v) is 0.384. The van der Waals surface area contributed by atoms with Gasteiger partial charge < -0.3 is 0 Å². The molecule has 7 heteroatoms. The predicted molar refractivity (Wildman–Crippen MR) is 28.5 cm³/mol. The quantitative estimate of drug-likeness (QED) is 0.227. The second-order valence-corrected chi connectivity index (χ2v) is 1.31. The fraction of sp³-hybridized carbons (Fsp3) is 0.500. The zero-order chi connectivity index (χ0) is 6.69. The summed E-state index contributed by atoms with van der Waals surface area (Å²) >= 11 is 0. The topological polar surface area (TPSA) is 99.6 Å². The fourth-order valence-electron chi connectivity index (χ4n) is 0.384. The molecule has 0 radical (unpaired) electrons. The average molecular weight is 128 g/mol. The summed E-state index contributed by atoms with van der Waals surface area (Å²) in [7, 11) is 0. The highest BCUT2D eigenvalue weighted by Crippen LogP contribution is 2.00. The molecule has 1 aliphatic heterocycles. The lowest BCUT2D eigenvalue weighted by molar-refractivity contribution is -0.153. The van der Waals surface area contributed by atoms with Gasteiger partial charge >= 0.3 is 0 Å². The number of hydrazine groups is 1. The SMILES string of the molecule is [N-]=[N+]=NC1C=NON1N. The lowest BCUT2D eigenvalue weighted by Gasteiger charge is -2.06. The standard InChI is InChI=1S/C2H4N6O/c3-7-6-2-1-5-9-8(2)4/h1-2H,4H2. The van der Waals surface area contributed by atoms with Crippen molar-refractivity contribution in [2.45, 2.75) is 6.17 Å². The van der Waals surface area contributed by atoms with Crippen LogP contribution >= 0.6 is 0 Å². The number of nitrogens with two attached hydrogens (primary N) is 1. The average Bonchev–Trinajstić information content (AvgIpc) is 2.18. The Kier molecular flexibility index (Phi) is 1.50. The third-order valence-corrected chi connectivity index (χ3v) is 0.766. The molecule has 0 aromatic carbocycles. The predicted octanol–water partition coefficient (Wildman–Crippen LogP) is -0.270. The second-order valence-electron chi connectivity index (χ2n) is 1.31. The van der Waals surface area contributed by atoms with Crippen LogP contribution in [-0.2, 0) is 4.94 Å². The number of hydrogen-bond acceptors (Lipinski definition) is 5. The van der Waals surface area contributed by atoms with Crippen LogP contribution in [0.2, 0.25) is 0 Å². The van der Waals surface area contributed by atoms with Crippen molar-refractivity contribution in [3.8, 4) is 0 Å². The van der Waals surface area contributed by atoms with Crippen LogP contribution in [0, 0.1) is 0 Å². The van der Waals surface area contributed by atoms with Crippen LogP contribution in [0.1, 0.15) is 0 Å². The molecule has 0 aromatic rings. The minimum Gasteiger partial charge on any atom is -0.281 e. The molecule has 2 N–H and O–H groups in total. The Morgan fingerprint density at radius 1 is 2.00 bits per heavy atom. The number of hydrogen-bond donors (Lipinski definition) is 1. The highest BCUT2D eigenvalue weighted by atomic mass is 16.8. The van der Waals surface area contributed by atoms with E-state index in [-0.39, 0.29) is 0 Å². The van der Waals surface area contributed by atoms with Gasteiger partial charge in [0.25, 0.3) is 0 Å². The van der Waals surface area contributed by atoms with E-state index in [2.05, 4.69) is 20.1 Å². The van der Waals surface area contributed by atoms with Crippen LogP contribution in [0.4, 0.5) is 0 Å². The normalized spacial score (nSPS) is 25.2. The van der Waals surface area contributed by atoms with Crippen molar-refractivity contribution in [2.75, 3.05) is 0 Å². The van der Waals surface area contributed by atoms with Gasteiger partial charge in [-0.25, -0.2) is 5.84 Å². The van der Waals surface area contributed by atoms with Crippen molar-refractivity contribution < 1.29 is 4.94 Å². The monoisotopic (exact) mass is 128 g/mol. The van der Waals surface area contributed by atoms with Crippen molar-refractivity contribution in [1.29, 1.82) is 0 Å². The molecule has 0 aliphatic carbocycles. The van der Waals surface area contributed by atoms with E-state index in [0.29, 0.717) is 0 Å². The second kappa shape index (κ2) is 2.31. The Morgan fingerprint density at radius 2 is 2.78 bits per heavy atom. The summed E-state index contributed by atoms with van der Waals surface area (Å²) in [6.07, 6.45) is 0.676. The van der Waals surface area contributed by atoms with Gasteiger partial charge in [-0.15, -0.1) is 0 Å². The van der Waals surface area contributed by atoms with Crippen molar-refractivity contribution >= 4 is 6.21 Å². The van der Waals surface area contributed by atoms with E-state index in [1.807, 2.05) is 0 Å². The van der Waals surface area contributed by atoms with E-state index in [9.17, 15) is 0 Å². The third kappa shape index (κ3) is 1.08. The first-order valence-electron chi connectivity index (χ1n) is 2.13. The molecule has 0 spiro atoms.